The summed E-state index contributed by atoms with van der Waals surface area (Å²) >= 11 is 0. The van der Waals surface area contributed by atoms with Gasteiger partial charge < -0.3 is 10.6 Å². The lowest BCUT2D eigenvalue weighted by molar-refractivity contribution is -0.384. The fourth-order valence-corrected chi connectivity index (χ4v) is 2.30. The topological polar surface area (TPSA) is 127 Å². The van der Waals surface area contributed by atoms with Crippen molar-refractivity contribution in [3.05, 3.63) is 74.3 Å². The lowest BCUT2D eigenvalue weighted by Crippen LogP contribution is -2.27. The van der Waals surface area contributed by atoms with Crippen molar-refractivity contribution in [3.63, 3.8) is 0 Å². The second-order valence-electron chi connectivity index (χ2n) is 5.50. The van der Waals surface area contributed by atoms with Crippen LogP contribution in [0.3, 0.4) is 0 Å². The van der Waals surface area contributed by atoms with E-state index < -0.39 is 9.85 Å². The molecule has 1 amide bonds. The summed E-state index contributed by atoms with van der Waals surface area (Å²) in [5.74, 6) is -0.190. The van der Waals surface area contributed by atoms with Gasteiger partial charge in [0.15, 0.2) is 0 Å². The molecular formula is C17H18N4O5. The van der Waals surface area contributed by atoms with E-state index in [1.165, 1.54) is 18.2 Å². The van der Waals surface area contributed by atoms with Crippen molar-refractivity contribution in [1.29, 1.82) is 0 Å². The Kier molecular flexibility index (Phi) is 6.60. The maximum atomic E-state index is 11.9. The molecule has 0 aliphatic carbocycles. The second kappa shape index (κ2) is 9.11. The van der Waals surface area contributed by atoms with Crippen molar-refractivity contribution in [3.8, 4) is 0 Å². The van der Waals surface area contributed by atoms with Gasteiger partial charge in [-0.15, -0.1) is 0 Å². The number of hydrogen-bond acceptors (Lipinski definition) is 6. The summed E-state index contributed by atoms with van der Waals surface area (Å²) in [6, 6.07) is 12.2. The lowest BCUT2D eigenvalue weighted by atomic mass is 10.1. The number of amides is 1. The van der Waals surface area contributed by atoms with E-state index in [-0.39, 0.29) is 23.7 Å². The van der Waals surface area contributed by atoms with E-state index in [0.717, 1.165) is 0 Å². The van der Waals surface area contributed by atoms with E-state index in [0.29, 0.717) is 30.8 Å². The molecule has 0 fully saturated rings. The number of anilines is 1. The van der Waals surface area contributed by atoms with Gasteiger partial charge in [-0.1, -0.05) is 24.3 Å². The van der Waals surface area contributed by atoms with Crippen molar-refractivity contribution in [2.45, 2.75) is 12.8 Å². The Morgan fingerprint density at radius 1 is 0.923 bits per heavy atom. The second-order valence-corrected chi connectivity index (χ2v) is 5.50. The number of nitro benzene ring substituents is 2. The normalized spacial score (nSPS) is 10.2. The average molecular weight is 358 g/mol. The smallest absolute Gasteiger partial charge is 0.292 e. The first-order valence-corrected chi connectivity index (χ1v) is 7.94. The molecule has 0 saturated carbocycles. The lowest BCUT2D eigenvalue weighted by Gasteiger charge is -2.08. The van der Waals surface area contributed by atoms with Crippen LogP contribution in [0.5, 0.6) is 0 Å². The summed E-state index contributed by atoms with van der Waals surface area (Å²) < 4.78 is 0. The van der Waals surface area contributed by atoms with E-state index in [1.807, 2.05) is 0 Å². The molecule has 9 heteroatoms. The molecule has 0 heterocycles. The molecule has 0 radical (unpaired) electrons. The van der Waals surface area contributed by atoms with Gasteiger partial charge in [0.2, 0.25) is 5.91 Å². The number of carbonyl (C=O) groups excluding carboxylic acids is 1. The summed E-state index contributed by atoms with van der Waals surface area (Å²) in [5, 5.41) is 27.2. The van der Waals surface area contributed by atoms with Crippen molar-refractivity contribution in [2.24, 2.45) is 0 Å². The summed E-state index contributed by atoms with van der Waals surface area (Å²) in [7, 11) is 0. The Labute approximate surface area is 149 Å². The summed E-state index contributed by atoms with van der Waals surface area (Å²) in [6.07, 6.45) is 0.730. The standard InChI is InChI=1S/C17H18N4O5/c22-17(12-13-6-8-14(9-7-13)20(23)24)19-11-3-10-18-15-4-1-2-5-16(15)21(25)26/h1-2,4-9,18H,3,10-12H2,(H,19,22). The van der Waals surface area contributed by atoms with Gasteiger partial charge in [0, 0.05) is 31.3 Å². The molecule has 26 heavy (non-hydrogen) atoms. The molecule has 9 nitrogen and oxygen atoms in total. The largest absolute Gasteiger partial charge is 0.379 e. The molecule has 2 aromatic rings. The molecule has 0 aliphatic heterocycles. The van der Waals surface area contributed by atoms with Crippen molar-refractivity contribution < 1.29 is 14.6 Å². The van der Waals surface area contributed by atoms with Gasteiger partial charge in [0.25, 0.3) is 11.4 Å². The van der Waals surface area contributed by atoms with Crippen LogP contribution in [0.15, 0.2) is 48.5 Å². The number of benzene rings is 2. The number of nitro groups is 2. The molecule has 0 atom stereocenters. The Morgan fingerprint density at radius 2 is 1.62 bits per heavy atom. The van der Waals surface area contributed by atoms with Crippen LogP contribution in [0.2, 0.25) is 0 Å². The van der Waals surface area contributed by atoms with Gasteiger partial charge in [-0.05, 0) is 18.1 Å². The zero-order chi connectivity index (χ0) is 18.9. The van der Waals surface area contributed by atoms with Crippen LogP contribution >= 0.6 is 0 Å². The number of rotatable bonds is 9. The molecule has 0 spiro atoms. The van der Waals surface area contributed by atoms with Crippen LogP contribution in [0, 0.1) is 20.2 Å². The van der Waals surface area contributed by atoms with E-state index in [9.17, 15) is 25.0 Å². The highest BCUT2D eigenvalue weighted by Gasteiger charge is 2.11. The Hall–Kier alpha value is -3.49. The first-order valence-electron chi connectivity index (χ1n) is 7.94. The van der Waals surface area contributed by atoms with Gasteiger partial charge in [-0.3, -0.25) is 25.0 Å². The maximum absolute atomic E-state index is 11.9. The third-order valence-corrected chi connectivity index (χ3v) is 3.60. The predicted octanol–water partition coefficient (Wildman–Crippen LogP) is 2.66. The molecule has 2 aromatic carbocycles. The third kappa shape index (κ3) is 5.55. The number of carbonyl (C=O) groups is 1. The highest BCUT2D eigenvalue weighted by molar-refractivity contribution is 5.78. The molecule has 0 saturated heterocycles. The number of nitrogens with zero attached hydrogens (tertiary/aromatic N) is 2. The Balaban J connectivity index is 1.70. The molecule has 0 aliphatic rings. The monoisotopic (exact) mass is 358 g/mol. The first-order chi connectivity index (χ1) is 12.5. The third-order valence-electron chi connectivity index (χ3n) is 3.60. The van der Waals surface area contributed by atoms with E-state index in [4.69, 9.17) is 0 Å². The van der Waals surface area contributed by atoms with Gasteiger partial charge >= 0.3 is 0 Å². The predicted molar refractivity (Wildman–Crippen MR) is 96.0 cm³/mol. The Morgan fingerprint density at radius 3 is 2.27 bits per heavy atom. The number of para-hydroxylation sites is 2. The van der Waals surface area contributed by atoms with Gasteiger partial charge in [0.1, 0.15) is 5.69 Å². The van der Waals surface area contributed by atoms with Crippen molar-refractivity contribution >= 4 is 23.0 Å². The first kappa shape index (κ1) is 18.8. The fourth-order valence-electron chi connectivity index (χ4n) is 2.30. The van der Waals surface area contributed by atoms with E-state index in [2.05, 4.69) is 10.6 Å². The minimum atomic E-state index is -0.492. The van der Waals surface area contributed by atoms with Crippen LogP contribution < -0.4 is 10.6 Å². The summed E-state index contributed by atoms with van der Waals surface area (Å²) in [6.45, 7) is 0.891. The van der Waals surface area contributed by atoms with Crippen LogP contribution in [-0.4, -0.2) is 28.8 Å². The molecule has 0 unspecified atom stereocenters. The molecule has 136 valence electrons. The van der Waals surface area contributed by atoms with Gasteiger partial charge in [-0.2, -0.15) is 0 Å². The van der Waals surface area contributed by atoms with Gasteiger partial charge in [-0.25, -0.2) is 0 Å². The quantitative estimate of drug-likeness (QED) is 0.403. The average Bonchev–Trinajstić information content (AvgIpc) is 2.62. The SMILES string of the molecule is O=C(Cc1ccc([N+](=O)[O-])cc1)NCCCNc1ccccc1[N+](=O)[O-]. The highest BCUT2D eigenvalue weighted by atomic mass is 16.6. The fraction of sp³-hybridized carbons (Fsp3) is 0.235. The van der Waals surface area contributed by atoms with E-state index >= 15 is 0 Å². The van der Waals surface area contributed by atoms with Crippen molar-refractivity contribution in [1.82, 2.24) is 5.32 Å². The van der Waals surface area contributed by atoms with Crippen molar-refractivity contribution in [2.75, 3.05) is 18.4 Å². The minimum absolute atomic E-state index is 0.00899. The number of nitrogens with one attached hydrogen (secondary N) is 2. The summed E-state index contributed by atoms with van der Waals surface area (Å²) in [4.78, 5) is 32.4. The van der Waals surface area contributed by atoms with Gasteiger partial charge in [0.05, 0.1) is 16.3 Å². The maximum Gasteiger partial charge on any atom is 0.292 e. The number of non-ortho nitro benzene ring substituents is 1. The minimum Gasteiger partial charge on any atom is -0.379 e. The molecular weight excluding hydrogens is 340 g/mol. The zero-order valence-electron chi connectivity index (χ0n) is 13.9. The van der Waals surface area contributed by atoms with Crippen LogP contribution in [0.1, 0.15) is 12.0 Å². The molecule has 0 aromatic heterocycles. The molecule has 2 rings (SSSR count). The van der Waals surface area contributed by atoms with Crippen LogP contribution in [0.4, 0.5) is 17.1 Å². The summed E-state index contributed by atoms with van der Waals surface area (Å²) in [5.41, 5.74) is 1.12. The van der Waals surface area contributed by atoms with Crippen LogP contribution in [0.25, 0.3) is 0 Å². The molecule has 0 bridgehead atoms. The Bertz CT molecular complexity index is 792. The zero-order valence-corrected chi connectivity index (χ0v) is 13.9. The number of hydrogen-bond donors (Lipinski definition) is 2. The highest BCUT2D eigenvalue weighted by Crippen LogP contribution is 2.22. The van der Waals surface area contributed by atoms with Crippen LogP contribution in [-0.2, 0) is 11.2 Å². The molecule has 2 N–H and O–H groups in total. The van der Waals surface area contributed by atoms with E-state index in [1.54, 1.807) is 30.3 Å².